The second kappa shape index (κ2) is 4.91. The molecule has 1 rings (SSSR count). The summed E-state index contributed by atoms with van der Waals surface area (Å²) < 4.78 is 0. The van der Waals surface area contributed by atoms with Crippen molar-refractivity contribution in [2.24, 2.45) is 0 Å². The van der Waals surface area contributed by atoms with Crippen LogP contribution in [0.1, 0.15) is 35.7 Å². The molecule has 0 saturated carbocycles. The second-order valence-electron chi connectivity index (χ2n) is 3.54. The maximum Gasteiger partial charge on any atom is 0.191 e. The van der Waals surface area contributed by atoms with Gasteiger partial charge in [-0.2, -0.15) is 0 Å². The molecule has 0 spiro atoms. The largest absolute Gasteiger partial charge is 0.385 e. The van der Waals surface area contributed by atoms with Crippen molar-refractivity contribution in [1.29, 1.82) is 0 Å². The fourth-order valence-electron chi connectivity index (χ4n) is 1.40. The molecule has 2 nitrogen and oxygen atoms in total. The van der Waals surface area contributed by atoms with E-state index in [-0.39, 0.29) is 5.78 Å². The monoisotopic (exact) mass is 192 g/mol. The summed E-state index contributed by atoms with van der Waals surface area (Å²) in [5, 5.41) is 9.51. The predicted molar refractivity (Wildman–Crippen MR) is 56.4 cm³/mol. The molecular weight excluding hydrogens is 176 g/mol. The number of benzene rings is 1. The molecule has 1 aromatic rings. The summed E-state index contributed by atoms with van der Waals surface area (Å²) in [4.78, 5) is 11.6. The van der Waals surface area contributed by atoms with Gasteiger partial charge in [-0.1, -0.05) is 37.1 Å². The summed E-state index contributed by atoms with van der Waals surface area (Å²) in [6.45, 7) is 3.88. The van der Waals surface area contributed by atoms with E-state index < -0.39 is 6.10 Å². The number of Topliss-reactive ketones (excluding diaryl/α,β-unsaturated/α-hetero) is 1. The molecule has 76 valence electrons. The van der Waals surface area contributed by atoms with Crippen LogP contribution in [0.5, 0.6) is 0 Å². The molecule has 0 bridgehead atoms. The highest BCUT2D eigenvalue weighted by Crippen LogP contribution is 2.09. The number of ketones is 1. The molecule has 0 radical (unpaired) electrons. The van der Waals surface area contributed by atoms with Crippen molar-refractivity contribution in [2.45, 2.75) is 32.8 Å². The molecule has 0 aliphatic carbocycles. The standard InChI is InChI=1S/C12H16O2/c1-3-5-11(13)12(14)10-7-4-6-9(2)8-10/h4,6-8,11,13H,3,5H2,1-2H3. The molecule has 14 heavy (non-hydrogen) atoms. The lowest BCUT2D eigenvalue weighted by molar-refractivity contribution is 0.0729. The fraction of sp³-hybridized carbons (Fsp3) is 0.417. The third kappa shape index (κ3) is 2.67. The molecule has 0 aliphatic rings. The predicted octanol–water partition coefficient (Wildman–Crippen LogP) is 2.34. The minimum Gasteiger partial charge on any atom is -0.385 e. The summed E-state index contributed by atoms with van der Waals surface area (Å²) in [6, 6.07) is 7.32. The quantitative estimate of drug-likeness (QED) is 0.743. The third-order valence-corrected chi connectivity index (χ3v) is 2.17. The van der Waals surface area contributed by atoms with Crippen molar-refractivity contribution in [3.8, 4) is 0 Å². The summed E-state index contributed by atoms with van der Waals surface area (Å²) in [5.41, 5.74) is 1.64. The summed E-state index contributed by atoms with van der Waals surface area (Å²) in [6.07, 6.45) is 0.507. The van der Waals surface area contributed by atoms with Crippen molar-refractivity contribution < 1.29 is 9.90 Å². The highest BCUT2D eigenvalue weighted by Gasteiger charge is 2.15. The zero-order valence-corrected chi connectivity index (χ0v) is 8.66. The van der Waals surface area contributed by atoms with E-state index in [9.17, 15) is 9.90 Å². The number of aryl methyl sites for hydroxylation is 1. The van der Waals surface area contributed by atoms with Crippen LogP contribution in [0.2, 0.25) is 0 Å². The van der Waals surface area contributed by atoms with Crippen molar-refractivity contribution in [3.05, 3.63) is 35.4 Å². The molecule has 1 N–H and O–H groups in total. The average molecular weight is 192 g/mol. The Morgan fingerprint density at radius 1 is 1.50 bits per heavy atom. The Morgan fingerprint density at radius 2 is 2.21 bits per heavy atom. The van der Waals surface area contributed by atoms with Gasteiger partial charge in [-0.3, -0.25) is 4.79 Å². The first-order valence-electron chi connectivity index (χ1n) is 4.94. The van der Waals surface area contributed by atoms with Gasteiger partial charge in [0.05, 0.1) is 0 Å². The van der Waals surface area contributed by atoms with E-state index in [1.54, 1.807) is 12.1 Å². The van der Waals surface area contributed by atoms with Crippen LogP contribution in [-0.4, -0.2) is 17.0 Å². The van der Waals surface area contributed by atoms with Crippen LogP contribution in [0.4, 0.5) is 0 Å². The van der Waals surface area contributed by atoms with E-state index >= 15 is 0 Å². The first kappa shape index (κ1) is 10.9. The van der Waals surface area contributed by atoms with Crippen LogP contribution in [0.3, 0.4) is 0 Å². The summed E-state index contributed by atoms with van der Waals surface area (Å²) in [5.74, 6) is -0.171. The smallest absolute Gasteiger partial charge is 0.191 e. The van der Waals surface area contributed by atoms with E-state index in [2.05, 4.69) is 0 Å². The van der Waals surface area contributed by atoms with Gasteiger partial charge in [-0.25, -0.2) is 0 Å². The van der Waals surface area contributed by atoms with Crippen LogP contribution in [0.15, 0.2) is 24.3 Å². The van der Waals surface area contributed by atoms with Gasteiger partial charge in [0.2, 0.25) is 0 Å². The van der Waals surface area contributed by atoms with E-state index in [0.29, 0.717) is 12.0 Å². The van der Waals surface area contributed by atoms with Crippen LogP contribution < -0.4 is 0 Å². The number of carbonyl (C=O) groups is 1. The number of aliphatic hydroxyl groups excluding tert-OH is 1. The van der Waals surface area contributed by atoms with Gasteiger partial charge in [-0.05, 0) is 19.4 Å². The average Bonchev–Trinajstić information content (AvgIpc) is 2.17. The molecule has 1 unspecified atom stereocenters. The molecule has 0 saturated heterocycles. The number of hydrogen-bond acceptors (Lipinski definition) is 2. The van der Waals surface area contributed by atoms with Gasteiger partial charge < -0.3 is 5.11 Å². The fourth-order valence-corrected chi connectivity index (χ4v) is 1.40. The highest BCUT2D eigenvalue weighted by atomic mass is 16.3. The number of carbonyl (C=O) groups excluding carboxylic acids is 1. The highest BCUT2D eigenvalue weighted by molar-refractivity contribution is 5.99. The first-order chi connectivity index (χ1) is 6.65. The van der Waals surface area contributed by atoms with Gasteiger partial charge in [0, 0.05) is 5.56 Å². The molecule has 0 heterocycles. The van der Waals surface area contributed by atoms with E-state index in [0.717, 1.165) is 12.0 Å². The molecular formula is C12H16O2. The normalized spacial score (nSPS) is 12.5. The molecule has 0 fully saturated rings. The van der Waals surface area contributed by atoms with Gasteiger partial charge in [0.1, 0.15) is 6.10 Å². The Hall–Kier alpha value is -1.15. The van der Waals surface area contributed by atoms with E-state index in [4.69, 9.17) is 0 Å². The lowest BCUT2D eigenvalue weighted by Crippen LogP contribution is -2.20. The Morgan fingerprint density at radius 3 is 2.79 bits per heavy atom. The van der Waals surface area contributed by atoms with Crippen LogP contribution in [0, 0.1) is 6.92 Å². The lowest BCUT2D eigenvalue weighted by atomic mass is 10.0. The van der Waals surface area contributed by atoms with Gasteiger partial charge in [0.15, 0.2) is 5.78 Å². The van der Waals surface area contributed by atoms with Crippen LogP contribution >= 0.6 is 0 Å². The molecule has 2 heteroatoms. The number of aliphatic hydroxyl groups is 1. The van der Waals surface area contributed by atoms with Crippen molar-refractivity contribution in [1.82, 2.24) is 0 Å². The van der Waals surface area contributed by atoms with Gasteiger partial charge in [0.25, 0.3) is 0 Å². The second-order valence-corrected chi connectivity index (χ2v) is 3.54. The topological polar surface area (TPSA) is 37.3 Å². The lowest BCUT2D eigenvalue weighted by Gasteiger charge is -2.08. The molecule has 0 aliphatic heterocycles. The maximum absolute atomic E-state index is 11.6. The number of hydrogen-bond donors (Lipinski definition) is 1. The summed E-state index contributed by atoms with van der Waals surface area (Å²) >= 11 is 0. The Kier molecular flexibility index (Phi) is 3.84. The minimum absolute atomic E-state index is 0.171. The van der Waals surface area contributed by atoms with E-state index in [1.807, 2.05) is 26.0 Å². The molecule has 0 aromatic heterocycles. The summed E-state index contributed by atoms with van der Waals surface area (Å²) in [7, 11) is 0. The molecule has 1 atom stereocenters. The van der Waals surface area contributed by atoms with Gasteiger partial charge in [-0.15, -0.1) is 0 Å². The Labute approximate surface area is 84.6 Å². The zero-order valence-electron chi connectivity index (χ0n) is 8.66. The van der Waals surface area contributed by atoms with Crippen molar-refractivity contribution in [2.75, 3.05) is 0 Å². The minimum atomic E-state index is -0.846. The number of rotatable bonds is 4. The third-order valence-electron chi connectivity index (χ3n) is 2.17. The zero-order chi connectivity index (χ0) is 10.6. The Balaban J connectivity index is 2.78. The van der Waals surface area contributed by atoms with Gasteiger partial charge >= 0.3 is 0 Å². The van der Waals surface area contributed by atoms with E-state index in [1.165, 1.54) is 0 Å². The first-order valence-corrected chi connectivity index (χ1v) is 4.94. The van der Waals surface area contributed by atoms with Crippen LogP contribution in [-0.2, 0) is 0 Å². The molecule has 1 aromatic carbocycles. The van der Waals surface area contributed by atoms with Crippen molar-refractivity contribution >= 4 is 5.78 Å². The SMILES string of the molecule is CCCC(O)C(=O)c1cccc(C)c1. The van der Waals surface area contributed by atoms with Crippen LogP contribution in [0.25, 0.3) is 0 Å². The Bertz CT molecular complexity index is 318. The molecule has 0 amide bonds. The van der Waals surface area contributed by atoms with Crippen molar-refractivity contribution in [3.63, 3.8) is 0 Å². The maximum atomic E-state index is 11.6.